The Hall–Kier alpha value is -2.10. The zero-order valence-electron chi connectivity index (χ0n) is 12.6. The average Bonchev–Trinajstić information content (AvgIpc) is 2.88. The zero-order chi connectivity index (χ0) is 14.8. The van der Waals surface area contributed by atoms with Crippen LogP contribution in [0.5, 0.6) is 5.75 Å². The largest absolute Gasteiger partial charge is 0.497 e. The number of nitrogens with zero attached hydrogens (tertiary/aromatic N) is 2. The van der Waals surface area contributed by atoms with E-state index in [4.69, 9.17) is 9.84 Å². The lowest BCUT2D eigenvalue weighted by atomic mass is 9.93. The Balaban J connectivity index is 2.14. The van der Waals surface area contributed by atoms with Gasteiger partial charge in [-0.25, -0.2) is 4.68 Å². The van der Waals surface area contributed by atoms with E-state index in [-0.39, 0.29) is 5.78 Å². The molecule has 0 aliphatic heterocycles. The van der Waals surface area contributed by atoms with Gasteiger partial charge in [0.1, 0.15) is 5.75 Å². The molecular formula is C17H20N2O2. The third kappa shape index (κ3) is 2.46. The molecule has 1 aliphatic rings. The maximum atomic E-state index is 12.3. The Bertz CT molecular complexity index is 673. The van der Waals surface area contributed by atoms with Gasteiger partial charge >= 0.3 is 0 Å². The van der Waals surface area contributed by atoms with Crippen LogP contribution in [0.2, 0.25) is 0 Å². The number of rotatable bonds is 4. The van der Waals surface area contributed by atoms with Gasteiger partial charge in [0.25, 0.3) is 0 Å². The third-order valence-corrected chi connectivity index (χ3v) is 3.93. The number of ether oxygens (including phenoxy) is 1. The van der Waals surface area contributed by atoms with Gasteiger partial charge in [-0.1, -0.05) is 19.4 Å². The van der Waals surface area contributed by atoms with Crippen LogP contribution in [0.25, 0.3) is 5.69 Å². The zero-order valence-corrected chi connectivity index (χ0v) is 12.6. The summed E-state index contributed by atoms with van der Waals surface area (Å²) in [5.41, 5.74) is 3.83. The van der Waals surface area contributed by atoms with Crippen molar-refractivity contribution >= 4 is 5.78 Å². The molecule has 0 N–H and O–H groups in total. The van der Waals surface area contributed by atoms with E-state index in [1.807, 2.05) is 28.9 Å². The van der Waals surface area contributed by atoms with Crippen molar-refractivity contribution in [1.29, 1.82) is 0 Å². The molecule has 0 atom stereocenters. The molecule has 0 radical (unpaired) electrons. The highest BCUT2D eigenvalue weighted by atomic mass is 16.5. The van der Waals surface area contributed by atoms with Crippen LogP contribution in [0.3, 0.4) is 0 Å². The summed E-state index contributed by atoms with van der Waals surface area (Å²) in [7, 11) is 1.66. The summed E-state index contributed by atoms with van der Waals surface area (Å²) in [6, 6.07) is 7.83. The molecule has 0 spiro atoms. The molecule has 4 heteroatoms. The van der Waals surface area contributed by atoms with Crippen molar-refractivity contribution in [2.24, 2.45) is 0 Å². The van der Waals surface area contributed by atoms with Crippen LogP contribution < -0.4 is 4.74 Å². The molecule has 0 saturated carbocycles. The van der Waals surface area contributed by atoms with Crippen molar-refractivity contribution in [1.82, 2.24) is 9.78 Å². The van der Waals surface area contributed by atoms with Gasteiger partial charge in [-0.3, -0.25) is 4.79 Å². The van der Waals surface area contributed by atoms with Crippen LogP contribution in [0.15, 0.2) is 24.3 Å². The van der Waals surface area contributed by atoms with Crippen molar-refractivity contribution in [2.75, 3.05) is 7.11 Å². The Morgan fingerprint density at radius 1 is 1.33 bits per heavy atom. The van der Waals surface area contributed by atoms with Gasteiger partial charge in [0.15, 0.2) is 5.78 Å². The molecule has 1 heterocycles. The number of benzene rings is 1. The molecule has 3 rings (SSSR count). The molecule has 1 aliphatic carbocycles. The quantitative estimate of drug-likeness (QED) is 0.864. The summed E-state index contributed by atoms with van der Waals surface area (Å²) in [4.78, 5) is 12.3. The summed E-state index contributed by atoms with van der Waals surface area (Å²) in [6.45, 7) is 2.12. The van der Waals surface area contributed by atoms with Gasteiger partial charge in [-0.15, -0.1) is 0 Å². The fourth-order valence-electron chi connectivity index (χ4n) is 2.97. The molecular weight excluding hydrogens is 264 g/mol. The number of aromatic nitrogens is 2. The lowest BCUT2D eigenvalue weighted by Gasteiger charge is -2.14. The first-order chi connectivity index (χ1) is 10.2. The highest BCUT2D eigenvalue weighted by molar-refractivity contribution is 5.99. The van der Waals surface area contributed by atoms with Crippen LogP contribution >= 0.6 is 0 Å². The standard InChI is InChI=1S/C17H20N2O2/c1-3-6-14-17-15(9-5-10-16(17)20)19(18-14)12-7-4-8-13(11-12)21-2/h4,7-8,11H,3,5-6,9-10H2,1-2H3. The highest BCUT2D eigenvalue weighted by Gasteiger charge is 2.26. The van der Waals surface area contributed by atoms with Gasteiger partial charge in [0.2, 0.25) is 0 Å². The first-order valence-corrected chi connectivity index (χ1v) is 7.53. The number of hydrogen-bond acceptors (Lipinski definition) is 3. The minimum Gasteiger partial charge on any atom is -0.497 e. The maximum absolute atomic E-state index is 12.3. The van der Waals surface area contributed by atoms with E-state index in [0.29, 0.717) is 6.42 Å². The van der Waals surface area contributed by atoms with Gasteiger partial charge in [-0.2, -0.15) is 5.10 Å². The van der Waals surface area contributed by atoms with Crippen molar-refractivity contribution in [2.45, 2.75) is 39.0 Å². The molecule has 1 aromatic carbocycles. The van der Waals surface area contributed by atoms with Gasteiger partial charge in [0, 0.05) is 12.5 Å². The van der Waals surface area contributed by atoms with Crippen molar-refractivity contribution in [3.05, 3.63) is 41.2 Å². The van der Waals surface area contributed by atoms with E-state index in [1.165, 1.54) is 0 Å². The molecule has 0 fully saturated rings. The summed E-state index contributed by atoms with van der Waals surface area (Å²) in [6.07, 6.45) is 4.31. The predicted octanol–water partition coefficient (Wildman–Crippen LogP) is 3.35. The first kappa shape index (κ1) is 13.9. The third-order valence-electron chi connectivity index (χ3n) is 3.93. The number of carbonyl (C=O) groups excluding carboxylic acids is 1. The Kier molecular flexibility index (Phi) is 3.78. The summed E-state index contributed by atoms with van der Waals surface area (Å²) >= 11 is 0. The number of methoxy groups -OCH3 is 1. The van der Waals surface area contributed by atoms with Gasteiger partial charge in [-0.05, 0) is 31.4 Å². The molecule has 4 nitrogen and oxygen atoms in total. The number of ketones is 1. The first-order valence-electron chi connectivity index (χ1n) is 7.53. The monoisotopic (exact) mass is 284 g/mol. The van der Waals surface area contributed by atoms with Crippen molar-refractivity contribution in [3.63, 3.8) is 0 Å². The lowest BCUT2D eigenvalue weighted by Crippen LogP contribution is -2.13. The molecule has 2 aromatic rings. The topological polar surface area (TPSA) is 44.1 Å². The maximum Gasteiger partial charge on any atom is 0.166 e. The van der Waals surface area contributed by atoms with E-state index in [9.17, 15) is 4.79 Å². The second kappa shape index (κ2) is 5.72. The number of Topliss-reactive ketones (excluding diaryl/α,β-unsaturated/α-hetero) is 1. The highest BCUT2D eigenvalue weighted by Crippen LogP contribution is 2.28. The van der Waals surface area contributed by atoms with Crippen molar-refractivity contribution in [3.8, 4) is 11.4 Å². The SMILES string of the molecule is CCCc1nn(-c2cccc(OC)c2)c2c1C(=O)CCC2. The van der Waals surface area contributed by atoms with Gasteiger partial charge < -0.3 is 4.74 Å². The van der Waals surface area contributed by atoms with Crippen molar-refractivity contribution < 1.29 is 9.53 Å². The Morgan fingerprint density at radius 3 is 2.95 bits per heavy atom. The van der Waals surface area contributed by atoms with Gasteiger partial charge in [0.05, 0.1) is 29.7 Å². The van der Waals surface area contributed by atoms with Crippen LogP contribution in [-0.2, 0) is 12.8 Å². The van der Waals surface area contributed by atoms with E-state index >= 15 is 0 Å². The fraction of sp³-hybridized carbons (Fsp3) is 0.412. The average molecular weight is 284 g/mol. The molecule has 21 heavy (non-hydrogen) atoms. The second-order valence-electron chi connectivity index (χ2n) is 5.41. The second-order valence-corrected chi connectivity index (χ2v) is 5.41. The van der Waals surface area contributed by atoms with E-state index in [0.717, 1.165) is 54.1 Å². The molecule has 110 valence electrons. The normalized spacial score (nSPS) is 14.1. The molecule has 0 unspecified atom stereocenters. The van der Waals surface area contributed by atoms with E-state index in [2.05, 4.69) is 6.92 Å². The number of hydrogen-bond donors (Lipinski definition) is 0. The van der Waals surface area contributed by atoms with Crippen LogP contribution in [0, 0.1) is 0 Å². The smallest absolute Gasteiger partial charge is 0.166 e. The molecule has 0 bridgehead atoms. The Morgan fingerprint density at radius 2 is 2.19 bits per heavy atom. The molecule has 1 aromatic heterocycles. The number of carbonyl (C=O) groups is 1. The number of aryl methyl sites for hydroxylation is 1. The Labute approximate surface area is 124 Å². The minimum absolute atomic E-state index is 0.244. The molecule has 0 saturated heterocycles. The summed E-state index contributed by atoms with van der Waals surface area (Å²) in [5.74, 6) is 1.05. The summed E-state index contributed by atoms with van der Waals surface area (Å²) < 4.78 is 7.22. The van der Waals surface area contributed by atoms with Crippen LogP contribution in [0.4, 0.5) is 0 Å². The minimum atomic E-state index is 0.244. The lowest BCUT2D eigenvalue weighted by molar-refractivity contribution is 0.0971. The van der Waals surface area contributed by atoms with Crippen LogP contribution in [-0.4, -0.2) is 22.7 Å². The fourth-order valence-corrected chi connectivity index (χ4v) is 2.97. The van der Waals surface area contributed by atoms with Crippen LogP contribution in [0.1, 0.15) is 47.9 Å². The number of fused-ring (bicyclic) bond motifs is 1. The van der Waals surface area contributed by atoms with E-state index < -0.39 is 0 Å². The predicted molar refractivity (Wildman–Crippen MR) is 81.4 cm³/mol. The summed E-state index contributed by atoms with van der Waals surface area (Å²) in [5, 5.41) is 4.72. The molecule has 0 amide bonds. The van der Waals surface area contributed by atoms with E-state index in [1.54, 1.807) is 7.11 Å².